The number of thiophene rings is 1. The van der Waals surface area contributed by atoms with E-state index in [-0.39, 0.29) is 0 Å². The summed E-state index contributed by atoms with van der Waals surface area (Å²) in [5.74, 6) is -0.336. The molecule has 0 aliphatic rings. The van der Waals surface area contributed by atoms with Crippen molar-refractivity contribution in [2.24, 2.45) is 0 Å². The molecule has 0 atom stereocenters. The maximum atomic E-state index is 10.8. The fraction of sp³-hybridized carbons (Fsp3) is 0.0833. The van der Waals surface area contributed by atoms with E-state index in [1.165, 1.54) is 11.3 Å². The monoisotopic (exact) mass is 268 g/mol. The number of carbonyl (C=O) groups is 1. The molecule has 0 bridgehead atoms. The van der Waals surface area contributed by atoms with Crippen LogP contribution in [0.5, 0.6) is 5.75 Å². The summed E-state index contributed by atoms with van der Waals surface area (Å²) in [7, 11) is 1.54. The van der Waals surface area contributed by atoms with Gasteiger partial charge in [0.15, 0.2) is 0 Å². The molecule has 0 saturated heterocycles. The second-order valence-corrected chi connectivity index (χ2v) is 4.81. The van der Waals surface area contributed by atoms with E-state index in [0.29, 0.717) is 15.6 Å². The molecule has 0 amide bonds. The van der Waals surface area contributed by atoms with Crippen molar-refractivity contribution in [1.82, 2.24) is 0 Å². The van der Waals surface area contributed by atoms with Crippen LogP contribution in [0.25, 0.3) is 10.4 Å². The first-order chi connectivity index (χ1) is 8.11. The number of ether oxygens (including phenoxy) is 1. The molecule has 0 spiro atoms. The fourth-order valence-corrected chi connectivity index (χ4v) is 2.46. The van der Waals surface area contributed by atoms with Crippen LogP contribution in [0.3, 0.4) is 0 Å². The Balaban J connectivity index is 2.42. The fourth-order valence-electron chi connectivity index (χ4n) is 1.42. The Morgan fingerprint density at radius 1 is 1.35 bits per heavy atom. The third-order valence-electron chi connectivity index (χ3n) is 2.25. The molecule has 88 valence electrons. The van der Waals surface area contributed by atoms with E-state index >= 15 is 0 Å². The first-order valence-electron chi connectivity index (χ1n) is 4.79. The molecule has 0 unspecified atom stereocenters. The van der Waals surface area contributed by atoms with E-state index in [1.807, 2.05) is 6.07 Å². The van der Waals surface area contributed by atoms with E-state index in [4.69, 9.17) is 21.4 Å². The van der Waals surface area contributed by atoms with E-state index < -0.39 is 5.97 Å². The summed E-state index contributed by atoms with van der Waals surface area (Å²) in [6.45, 7) is 0. The lowest BCUT2D eigenvalue weighted by molar-refractivity contribution is 0.0702. The van der Waals surface area contributed by atoms with Gasteiger partial charge in [0, 0.05) is 4.88 Å². The van der Waals surface area contributed by atoms with Gasteiger partial charge in [0.05, 0.1) is 12.1 Å². The molecule has 0 saturated carbocycles. The van der Waals surface area contributed by atoms with E-state index in [2.05, 4.69) is 0 Å². The Morgan fingerprint density at radius 2 is 2.12 bits per heavy atom. The first-order valence-corrected chi connectivity index (χ1v) is 5.98. The van der Waals surface area contributed by atoms with Crippen LogP contribution < -0.4 is 4.74 Å². The predicted octanol–water partition coefficient (Wildman–Crippen LogP) is 3.78. The molecular weight excluding hydrogens is 260 g/mol. The molecule has 5 heteroatoms. The van der Waals surface area contributed by atoms with E-state index in [0.717, 1.165) is 10.4 Å². The maximum absolute atomic E-state index is 10.8. The lowest BCUT2D eigenvalue weighted by Gasteiger charge is -2.04. The first kappa shape index (κ1) is 12.0. The van der Waals surface area contributed by atoms with Gasteiger partial charge in [0.2, 0.25) is 0 Å². The third-order valence-corrected chi connectivity index (χ3v) is 3.69. The van der Waals surface area contributed by atoms with Crippen molar-refractivity contribution in [3.63, 3.8) is 0 Å². The second kappa shape index (κ2) is 4.77. The number of hydrogen-bond donors (Lipinski definition) is 1. The summed E-state index contributed by atoms with van der Waals surface area (Å²) < 4.78 is 5.12. The maximum Gasteiger partial charge on any atom is 0.345 e. The van der Waals surface area contributed by atoms with Crippen molar-refractivity contribution in [3.05, 3.63) is 40.2 Å². The van der Waals surface area contributed by atoms with Crippen molar-refractivity contribution >= 4 is 28.9 Å². The van der Waals surface area contributed by atoms with Crippen molar-refractivity contribution in [2.75, 3.05) is 7.11 Å². The van der Waals surface area contributed by atoms with Gasteiger partial charge >= 0.3 is 5.97 Å². The molecule has 0 aliphatic heterocycles. The molecule has 2 rings (SSSR count). The highest BCUT2D eigenvalue weighted by Gasteiger charge is 2.10. The Bertz CT molecular complexity index is 563. The number of rotatable bonds is 3. The van der Waals surface area contributed by atoms with Crippen LogP contribution in [-0.4, -0.2) is 18.2 Å². The van der Waals surface area contributed by atoms with Gasteiger partial charge in [-0.05, 0) is 29.8 Å². The van der Waals surface area contributed by atoms with Gasteiger partial charge in [-0.2, -0.15) is 0 Å². The van der Waals surface area contributed by atoms with Crippen LogP contribution in [0.4, 0.5) is 0 Å². The van der Waals surface area contributed by atoms with Crippen LogP contribution in [-0.2, 0) is 0 Å². The van der Waals surface area contributed by atoms with Crippen molar-refractivity contribution in [1.29, 1.82) is 0 Å². The van der Waals surface area contributed by atoms with E-state index in [1.54, 1.807) is 31.4 Å². The Morgan fingerprint density at radius 3 is 2.71 bits per heavy atom. The van der Waals surface area contributed by atoms with Gasteiger partial charge in [-0.15, -0.1) is 11.3 Å². The SMILES string of the molecule is COc1cc(-c2ccc(C(=O)O)s2)ccc1Cl. The molecule has 17 heavy (non-hydrogen) atoms. The smallest absolute Gasteiger partial charge is 0.345 e. The Kier molecular flexibility index (Phi) is 3.36. The largest absolute Gasteiger partial charge is 0.495 e. The second-order valence-electron chi connectivity index (χ2n) is 3.32. The zero-order valence-corrected chi connectivity index (χ0v) is 10.5. The quantitative estimate of drug-likeness (QED) is 0.922. The van der Waals surface area contributed by atoms with Crippen LogP contribution in [0, 0.1) is 0 Å². The van der Waals surface area contributed by atoms with Gasteiger partial charge in [0.1, 0.15) is 10.6 Å². The van der Waals surface area contributed by atoms with Gasteiger partial charge in [0.25, 0.3) is 0 Å². The van der Waals surface area contributed by atoms with Crippen molar-refractivity contribution < 1.29 is 14.6 Å². The van der Waals surface area contributed by atoms with E-state index in [9.17, 15) is 4.79 Å². The Labute approximate surface area is 107 Å². The molecule has 1 aromatic carbocycles. The highest BCUT2D eigenvalue weighted by Crippen LogP contribution is 2.33. The number of hydrogen-bond acceptors (Lipinski definition) is 3. The molecule has 1 aromatic heterocycles. The number of carboxylic acid groups (broad SMARTS) is 1. The zero-order chi connectivity index (χ0) is 12.4. The summed E-state index contributed by atoms with van der Waals surface area (Å²) in [6.07, 6.45) is 0. The highest BCUT2D eigenvalue weighted by molar-refractivity contribution is 7.17. The van der Waals surface area contributed by atoms with Gasteiger partial charge < -0.3 is 9.84 Å². The normalized spacial score (nSPS) is 10.2. The lowest BCUT2D eigenvalue weighted by atomic mass is 10.2. The van der Waals surface area contributed by atoms with Crippen LogP contribution >= 0.6 is 22.9 Å². The molecule has 3 nitrogen and oxygen atoms in total. The minimum absolute atomic E-state index is 0.314. The van der Waals surface area contributed by atoms with Crippen molar-refractivity contribution in [2.45, 2.75) is 0 Å². The molecule has 2 aromatic rings. The molecule has 0 radical (unpaired) electrons. The third kappa shape index (κ3) is 2.43. The summed E-state index contributed by atoms with van der Waals surface area (Å²) >= 11 is 7.14. The van der Waals surface area contributed by atoms with Gasteiger partial charge in [-0.3, -0.25) is 0 Å². The van der Waals surface area contributed by atoms with Crippen LogP contribution in [0.1, 0.15) is 9.67 Å². The highest BCUT2D eigenvalue weighted by atomic mass is 35.5. The van der Waals surface area contributed by atoms with Gasteiger partial charge in [-0.1, -0.05) is 17.7 Å². The molecular formula is C12H9ClO3S. The summed E-state index contributed by atoms with van der Waals surface area (Å²) in [5.41, 5.74) is 0.892. The number of benzene rings is 1. The average Bonchev–Trinajstić information content (AvgIpc) is 2.79. The minimum atomic E-state index is -0.915. The topological polar surface area (TPSA) is 46.5 Å². The number of halogens is 1. The summed E-state index contributed by atoms with van der Waals surface area (Å²) in [6, 6.07) is 8.72. The van der Waals surface area contributed by atoms with Crippen molar-refractivity contribution in [3.8, 4) is 16.2 Å². The molecule has 0 fully saturated rings. The zero-order valence-electron chi connectivity index (χ0n) is 8.94. The molecule has 1 heterocycles. The molecule has 1 N–H and O–H groups in total. The van der Waals surface area contributed by atoms with Crippen LogP contribution in [0.15, 0.2) is 30.3 Å². The average molecular weight is 269 g/mol. The molecule has 0 aliphatic carbocycles. The van der Waals surface area contributed by atoms with Crippen LogP contribution in [0.2, 0.25) is 5.02 Å². The summed E-state index contributed by atoms with van der Waals surface area (Å²) in [5, 5.41) is 9.39. The van der Waals surface area contributed by atoms with Gasteiger partial charge in [-0.25, -0.2) is 4.79 Å². The number of aromatic carboxylic acids is 1. The Hall–Kier alpha value is -1.52. The number of methoxy groups -OCH3 is 1. The standard InChI is InChI=1S/C12H9ClO3S/c1-16-9-6-7(2-3-8(9)13)10-4-5-11(17-10)12(14)15/h2-6H,1H3,(H,14,15). The predicted molar refractivity (Wildman–Crippen MR) is 68.3 cm³/mol. The summed E-state index contributed by atoms with van der Waals surface area (Å²) in [4.78, 5) is 12.0. The minimum Gasteiger partial charge on any atom is -0.495 e. The number of carboxylic acids is 1. The lowest BCUT2D eigenvalue weighted by Crippen LogP contribution is -1.89.